The van der Waals surface area contributed by atoms with Crippen LogP contribution in [0.3, 0.4) is 0 Å². The Kier molecular flexibility index (Phi) is 15.7. The van der Waals surface area contributed by atoms with Crippen LogP contribution in [0, 0.1) is 0 Å². The van der Waals surface area contributed by atoms with Gasteiger partial charge in [-0.15, -0.1) is 0 Å². The second kappa shape index (κ2) is 18.0. The monoisotopic (exact) mass is 412 g/mol. The fraction of sp³-hybridized carbons (Fsp3) is 0.607. The van der Waals surface area contributed by atoms with Crippen LogP contribution < -0.4 is 4.74 Å². The summed E-state index contributed by atoms with van der Waals surface area (Å²) in [5.41, 5.74) is 0. The summed E-state index contributed by atoms with van der Waals surface area (Å²) in [6.45, 7) is 6.68. The van der Waals surface area contributed by atoms with Crippen molar-refractivity contribution < 1.29 is 9.53 Å². The molecule has 0 bridgehead atoms. The highest BCUT2D eigenvalue weighted by Crippen LogP contribution is 2.21. The van der Waals surface area contributed by atoms with Crippen molar-refractivity contribution >= 4 is 16.7 Å². The molecule has 2 aromatic carbocycles. The molecule has 0 aliphatic rings. The molecule has 0 heterocycles. The Labute approximate surface area is 185 Å². The summed E-state index contributed by atoms with van der Waals surface area (Å²) in [7, 11) is 0. The summed E-state index contributed by atoms with van der Waals surface area (Å²) in [5, 5.41) is 2.25. The lowest BCUT2D eigenvalue weighted by atomic mass is 10.1. The highest BCUT2D eigenvalue weighted by atomic mass is 16.5. The van der Waals surface area contributed by atoms with Crippen molar-refractivity contribution in [1.82, 2.24) is 0 Å². The van der Waals surface area contributed by atoms with Crippen molar-refractivity contribution in [2.45, 2.75) is 111 Å². The van der Waals surface area contributed by atoms with Gasteiger partial charge >= 0.3 is 5.97 Å². The highest BCUT2D eigenvalue weighted by Gasteiger charge is 2.05. The van der Waals surface area contributed by atoms with Gasteiger partial charge in [0, 0.05) is 6.42 Å². The van der Waals surface area contributed by atoms with E-state index < -0.39 is 0 Å². The Morgan fingerprint density at radius 3 is 1.70 bits per heavy atom. The number of carbonyl (C=O) groups excluding carboxylic acids is 1. The van der Waals surface area contributed by atoms with Crippen LogP contribution in [0.25, 0.3) is 10.8 Å². The van der Waals surface area contributed by atoms with Crippen LogP contribution in [-0.2, 0) is 4.79 Å². The average Bonchev–Trinajstić information content (AvgIpc) is 2.76. The standard InChI is InChI=1S/C16H18O2.C12H26/c1-2-3-4-9-16(17)18-15-11-10-13-7-5-6-8-14(13)12-15;1-3-5-7-9-11-12-10-8-6-4-2/h5-8,10-12H,2-4,9H2,1H3;3-12H2,1-2H3. The number of esters is 1. The summed E-state index contributed by atoms with van der Waals surface area (Å²) >= 11 is 0. The van der Waals surface area contributed by atoms with Crippen LogP contribution in [0.4, 0.5) is 0 Å². The third-order valence-electron chi connectivity index (χ3n) is 5.39. The average molecular weight is 413 g/mol. The molecule has 0 spiro atoms. The van der Waals surface area contributed by atoms with Crippen molar-refractivity contribution in [2.24, 2.45) is 0 Å². The zero-order valence-corrected chi connectivity index (χ0v) is 19.8. The molecule has 0 saturated heterocycles. The molecule has 0 aromatic heterocycles. The molecule has 2 nitrogen and oxygen atoms in total. The van der Waals surface area contributed by atoms with E-state index in [0.717, 1.165) is 30.0 Å². The molecule has 0 unspecified atom stereocenters. The maximum absolute atomic E-state index is 11.6. The molecule has 0 radical (unpaired) electrons. The highest BCUT2D eigenvalue weighted by molar-refractivity contribution is 5.84. The number of ether oxygens (including phenoxy) is 1. The molecule has 0 fully saturated rings. The molecule has 2 aromatic rings. The van der Waals surface area contributed by atoms with Gasteiger partial charge in [0.15, 0.2) is 0 Å². The van der Waals surface area contributed by atoms with Gasteiger partial charge < -0.3 is 4.74 Å². The maximum Gasteiger partial charge on any atom is 0.311 e. The predicted molar refractivity (Wildman–Crippen MR) is 131 cm³/mol. The molecular formula is C28H44O2. The zero-order valence-electron chi connectivity index (χ0n) is 19.8. The van der Waals surface area contributed by atoms with E-state index in [2.05, 4.69) is 20.8 Å². The summed E-state index contributed by atoms with van der Waals surface area (Å²) in [6, 6.07) is 13.8. The van der Waals surface area contributed by atoms with Crippen LogP contribution in [0.5, 0.6) is 5.75 Å². The Morgan fingerprint density at radius 1 is 0.633 bits per heavy atom. The van der Waals surface area contributed by atoms with E-state index in [1.165, 1.54) is 64.2 Å². The molecule has 0 N–H and O–H groups in total. The lowest BCUT2D eigenvalue weighted by molar-refractivity contribution is -0.134. The van der Waals surface area contributed by atoms with Gasteiger partial charge in [0.25, 0.3) is 0 Å². The number of rotatable bonds is 14. The van der Waals surface area contributed by atoms with E-state index in [4.69, 9.17) is 4.74 Å². The number of carbonyl (C=O) groups is 1. The number of hydrogen-bond donors (Lipinski definition) is 0. The molecular weight excluding hydrogens is 368 g/mol. The molecule has 0 saturated carbocycles. The van der Waals surface area contributed by atoms with Crippen LogP contribution in [0.1, 0.15) is 111 Å². The van der Waals surface area contributed by atoms with Gasteiger partial charge in [0.05, 0.1) is 0 Å². The second-order valence-electron chi connectivity index (χ2n) is 8.27. The summed E-state index contributed by atoms with van der Waals surface area (Å²) in [6.07, 6.45) is 18.0. The number of benzene rings is 2. The second-order valence-corrected chi connectivity index (χ2v) is 8.27. The predicted octanol–water partition coefficient (Wildman–Crippen LogP) is 9.25. The molecule has 0 atom stereocenters. The Bertz CT molecular complexity index is 667. The number of unbranched alkanes of at least 4 members (excludes halogenated alkanes) is 11. The van der Waals surface area contributed by atoms with E-state index in [9.17, 15) is 4.79 Å². The van der Waals surface area contributed by atoms with Crippen LogP contribution in [-0.4, -0.2) is 5.97 Å². The van der Waals surface area contributed by atoms with Crippen molar-refractivity contribution in [3.8, 4) is 5.75 Å². The van der Waals surface area contributed by atoms with Crippen LogP contribution in [0.15, 0.2) is 42.5 Å². The Hall–Kier alpha value is -1.83. The van der Waals surface area contributed by atoms with E-state index in [1.807, 2.05) is 42.5 Å². The Morgan fingerprint density at radius 2 is 1.13 bits per heavy atom. The molecule has 0 aliphatic heterocycles. The molecule has 0 amide bonds. The SMILES string of the molecule is CCCCCC(=O)Oc1ccc2ccccc2c1.CCCCCCCCCCCC. The zero-order chi connectivity index (χ0) is 21.9. The largest absolute Gasteiger partial charge is 0.427 e. The summed E-state index contributed by atoms with van der Waals surface area (Å²) in [4.78, 5) is 11.6. The first-order valence-corrected chi connectivity index (χ1v) is 12.4. The summed E-state index contributed by atoms with van der Waals surface area (Å²) in [5.74, 6) is 0.494. The van der Waals surface area contributed by atoms with E-state index in [1.54, 1.807) is 0 Å². The third-order valence-corrected chi connectivity index (χ3v) is 5.39. The molecule has 2 rings (SSSR count). The third kappa shape index (κ3) is 12.7. The minimum Gasteiger partial charge on any atom is -0.427 e. The molecule has 0 aliphatic carbocycles. The first-order chi connectivity index (χ1) is 14.7. The van der Waals surface area contributed by atoms with Crippen LogP contribution >= 0.6 is 0 Å². The minimum absolute atomic E-state index is 0.140. The van der Waals surface area contributed by atoms with E-state index in [-0.39, 0.29) is 5.97 Å². The van der Waals surface area contributed by atoms with E-state index >= 15 is 0 Å². The van der Waals surface area contributed by atoms with Crippen LogP contribution in [0.2, 0.25) is 0 Å². The van der Waals surface area contributed by atoms with Crippen molar-refractivity contribution in [3.63, 3.8) is 0 Å². The quantitative estimate of drug-likeness (QED) is 0.175. The fourth-order valence-corrected chi connectivity index (χ4v) is 3.49. The van der Waals surface area contributed by atoms with Gasteiger partial charge in [-0.05, 0) is 29.3 Å². The molecule has 2 heteroatoms. The van der Waals surface area contributed by atoms with Gasteiger partial charge in [0.2, 0.25) is 0 Å². The lowest BCUT2D eigenvalue weighted by Gasteiger charge is -2.05. The van der Waals surface area contributed by atoms with Crippen molar-refractivity contribution in [2.75, 3.05) is 0 Å². The number of fused-ring (bicyclic) bond motifs is 1. The minimum atomic E-state index is -0.140. The Balaban J connectivity index is 0.000000329. The van der Waals surface area contributed by atoms with Gasteiger partial charge in [-0.3, -0.25) is 4.79 Å². The topological polar surface area (TPSA) is 26.3 Å². The first-order valence-electron chi connectivity index (χ1n) is 12.4. The van der Waals surface area contributed by atoms with E-state index in [0.29, 0.717) is 12.2 Å². The van der Waals surface area contributed by atoms with Crippen molar-refractivity contribution in [3.05, 3.63) is 42.5 Å². The summed E-state index contributed by atoms with van der Waals surface area (Å²) < 4.78 is 5.33. The fourth-order valence-electron chi connectivity index (χ4n) is 3.49. The van der Waals surface area contributed by atoms with Gasteiger partial charge in [-0.1, -0.05) is 128 Å². The normalized spacial score (nSPS) is 10.5. The maximum atomic E-state index is 11.6. The van der Waals surface area contributed by atoms with Crippen molar-refractivity contribution in [1.29, 1.82) is 0 Å². The molecule has 168 valence electrons. The first kappa shape index (κ1) is 26.2. The smallest absolute Gasteiger partial charge is 0.311 e. The number of hydrogen-bond acceptors (Lipinski definition) is 2. The van der Waals surface area contributed by atoms with Gasteiger partial charge in [0.1, 0.15) is 5.75 Å². The lowest BCUT2D eigenvalue weighted by Crippen LogP contribution is -2.07. The van der Waals surface area contributed by atoms with Gasteiger partial charge in [-0.25, -0.2) is 0 Å². The van der Waals surface area contributed by atoms with Gasteiger partial charge in [-0.2, -0.15) is 0 Å². The molecule has 30 heavy (non-hydrogen) atoms.